The number of rotatable bonds is 16. The molecule has 4 aromatic rings. The maximum absolute atomic E-state index is 14.9. The number of aliphatic hydroxyl groups is 2. The van der Waals surface area contributed by atoms with Crippen molar-refractivity contribution in [3.63, 3.8) is 0 Å². The molecule has 0 aliphatic heterocycles. The Kier molecular flexibility index (Phi) is 13.3. The third-order valence-electron chi connectivity index (χ3n) is 9.76. The average molecular weight is 716 g/mol. The molecule has 274 valence electrons. The number of sulfone groups is 1. The Labute approximate surface area is 302 Å². The van der Waals surface area contributed by atoms with Gasteiger partial charge in [-0.2, -0.15) is 0 Å². The second-order valence-electron chi connectivity index (χ2n) is 14.9. The van der Waals surface area contributed by atoms with E-state index in [2.05, 4.69) is 5.32 Å². The maximum Gasteiger partial charge on any atom is 0.237 e. The predicted molar refractivity (Wildman–Crippen MR) is 204 cm³/mol. The molecule has 0 spiro atoms. The first-order chi connectivity index (χ1) is 24.0. The van der Waals surface area contributed by atoms with Crippen LogP contribution < -0.4 is 16.8 Å². The summed E-state index contributed by atoms with van der Waals surface area (Å²) in [5, 5.41) is 28.2. The van der Waals surface area contributed by atoms with Crippen LogP contribution >= 0.6 is 0 Å². The number of fused-ring (bicyclic) bond motifs is 1. The van der Waals surface area contributed by atoms with E-state index in [-0.39, 0.29) is 18.8 Å². The standard InChI is InChI=1S/C41H53N3O6S/c1-26(2)35(42)40(48)44-33(23-27-15-8-6-9-16-27)38(46)39(47)36(43)34(29-18-10-7-11-19-29)37(45)31(25-51(49,50)41(3,4)5)24-30-21-14-20-28-17-12-13-22-32(28)30/h6-22,26,31,33-36,38-39,46-47H,23-25,42-43H2,1-5H3,(H,44,48)/t31-,33+,34?,35+,36+,38-,39-/m1/s1. The van der Waals surface area contributed by atoms with Crippen molar-refractivity contribution in [1.29, 1.82) is 0 Å². The van der Waals surface area contributed by atoms with Crippen LogP contribution in [0.4, 0.5) is 0 Å². The zero-order valence-corrected chi connectivity index (χ0v) is 31.0. The molecule has 4 aromatic carbocycles. The van der Waals surface area contributed by atoms with Crippen LogP contribution in [-0.2, 0) is 32.3 Å². The lowest BCUT2D eigenvalue weighted by molar-refractivity contribution is -0.128. The number of carbonyl (C=O) groups excluding carboxylic acids is 2. The lowest BCUT2D eigenvalue weighted by Gasteiger charge is -2.36. The molecule has 9 nitrogen and oxygen atoms in total. The van der Waals surface area contributed by atoms with Crippen molar-refractivity contribution in [2.45, 2.75) is 88.5 Å². The Balaban J connectivity index is 1.76. The van der Waals surface area contributed by atoms with E-state index in [9.17, 15) is 28.2 Å². The van der Waals surface area contributed by atoms with Crippen molar-refractivity contribution < 1.29 is 28.2 Å². The SMILES string of the molecule is CC(C)[C@H](N)C(=O)N[C@@H](Cc1ccccc1)[C@@H](O)[C@H](O)[C@@H](N)C(C(=O)[C@H](Cc1cccc2ccccc12)CS(=O)(=O)C(C)(C)C)c1ccccc1. The monoisotopic (exact) mass is 715 g/mol. The van der Waals surface area contributed by atoms with Crippen LogP contribution in [0.5, 0.6) is 0 Å². The third-order valence-corrected chi connectivity index (χ3v) is 12.5. The van der Waals surface area contributed by atoms with Gasteiger partial charge in [-0.1, -0.05) is 117 Å². The molecule has 0 bridgehead atoms. The van der Waals surface area contributed by atoms with Crippen molar-refractivity contribution >= 4 is 32.3 Å². The summed E-state index contributed by atoms with van der Waals surface area (Å²) >= 11 is 0. The Morgan fingerprint density at radius 1 is 0.765 bits per heavy atom. The molecule has 0 aromatic heterocycles. The Bertz CT molecular complexity index is 1860. The predicted octanol–water partition coefficient (Wildman–Crippen LogP) is 4.32. The van der Waals surface area contributed by atoms with E-state index in [0.29, 0.717) is 5.56 Å². The summed E-state index contributed by atoms with van der Waals surface area (Å²) in [5.41, 5.74) is 15.0. The summed E-state index contributed by atoms with van der Waals surface area (Å²) in [6.45, 7) is 8.43. The van der Waals surface area contributed by atoms with Gasteiger partial charge in [0.15, 0.2) is 9.84 Å². The summed E-state index contributed by atoms with van der Waals surface area (Å²) < 4.78 is 26.3. The van der Waals surface area contributed by atoms with Crippen LogP contribution in [0.2, 0.25) is 0 Å². The van der Waals surface area contributed by atoms with Crippen molar-refractivity contribution in [1.82, 2.24) is 5.32 Å². The van der Waals surface area contributed by atoms with Gasteiger partial charge in [-0.15, -0.1) is 0 Å². The van der Waals surface area contributed by atoms with Crippen molar-refractivity contribution in [3.8, 4) is 0 Å². The van der Waals surface area contributed by atoms with E-state index in [4.69, 9.17) is 11.5 Å². The molecule has 0 heterocycles. The number of ketones is 1. The zero-order valence-electron chi connectivity index (χ0n) is 30.1. The average Bonchev–Trinajstić information content (AvgIpc) is 3.10. The number of Topliss-reactive ketones (excluding diaryl/α,β-unsaturated/α-hetero) is 1. The number of carbonyl (C=O) groups is 2. The fourth-order valence-corrected chi connectivity index (χ4v) is 7.66. The van der Waals surface area contributed by atoms with Crippen LogP contribution in [0.3, 0.4) is 0 Å². The highest BCUT2D eigenvalue weighted by Gasteiger charge is 2.43. The van der Waals surface area contributed by atoms with Gasteiger partial charge in [-0.05, 0) is 67.0 Å². The van der Waals surface area contributed by atoms with Crippen molar-refractivity contribution in [2.75, 3.05) is 5.75 Å². The molecule has 7 N–H and O–H groups in total. The highest BCUT2D eigenvalue weighted by Crippen LogP contribution is 2.32. The van der Waals surface area contributed by atoms with Gasteiger partial charge in [0.05, 0.1) is 34.6 Å². The number of nitrogens with two attached hydrogens (primary N) is 2. The summed E-state index contributed by atoms with van der Waals surface area (Å²) in [4.78, 5) is 28.1. The van der Waals surface area contributed by atoms with E-state index in [1.165, 1.54) is 0 Å². The van der Waals surface area contributed by atoms with Crippen molar-refractivity contribution in [2.24, 2.45) is 23.3 Å². The number of hydrogen-bond donors (Lipinski definition) is 5. The molecule has 0 radical (unpaired) electrons. The van der Waals surface area contributed by atoms with Crippen LogP contribution in [0.15, 0.2) is 103 Å². The molecular weight excluding hydrogens is 663 g/mol. The smallest absolute Gasteiger partial charge is 0.237 e. The van der Waals surface area contributed by atoms with Crippen molar-refractivity contribution in [3.05, 3.63) is 120 Å². The molecule has 1 unspecified atom stereocenters. The minimum absolute atomic E-state index is 0.115. The molecule has 4 rings (SSSR count). The number of nitrogens with one attached hydrogen (secondary N) is 1. The van der Waals surface area contributed by atoms with Crippen LogP contribution in [-0.4, -0.2) is 71.2 Å². The van der Waals surface area contributed by atoms with E-state index in [1.807, 2.05) is 86.6 Å². The highest BCUT2D eigenvalue weighted by molar-refractivity contribution is 7.92. The lowest BCUT2D eigenvalue weighted by atomic mass is 9.77. The molecule has 0 fully saturated rings. The van der Waals surface area contributed by atoms with Gasteiger partial charge >= 0.3 is 0 Å². The number of aliphatic hydroxyl groups excluding tert-OH is 2. The largest absolute Gasteiger partial charge is 0.389 e. The molecule has 0 aliphatic rings. The first-order valence-electron chi connectivity index (χ1n) is 17.5. The topological polar surface area (TPSA) is 173 Å². The molecule has 0 saturated heterocycles. The summed E-state index contributed by atoms with van der Waals surface area (Å²) in [6, 6.07) is 28.0. The molecule has 0 saturated carbocycles. The van der Waals surface area contributed by atoms with Gasteiger partial charge < -0.3 is 27.0 Å². The Morgan fingerprint density at radius 3 is 1.94 bits per heavy atom. The summed E-state index contributed by atoms with van der Waals surface area (Å²) in [5.74, 6) is -3.82. The van der Waals surface area contributed by atoms with Gasteiger partial charge in [0.2, 0.25) is 5.91 Å². The van der Waals surface area contributed by atoms with Gasteiger partial charge in [-0.3, -0.25) is 9.59 Å². The van der Waals surface area contributed by atoms with E-state index in [0.717, 1.165) is 21.9 Å². The molecule has 1 amide bonds. The normalized spacial score (nSPS) is 16.5. The third kappa shape index (κ3) is 9.90. The molecule has 51 heavy (non-hydrogen) atoms. The Morgan fingerprint density at radius 2 is 1.33 bits per heavy atom. The van der Waals surface area contributed by atoms with Gasteiger partial charge in [0, 0.05) is 12.0 Å². The summed E-state index contributed by atoms with van der Waals surface area (Å²) in [7, 11) is -3.80. The minimum atomic E-state index is -3.80. The minimum Gasteiger partial charge on any atom is -0.389 e. The van der Waals surface area contributed by atoms with Crippen LogP contribution in [0, 0.1) is 11.8 Å². The van der Waals surface area contributed by atoms with Gasteiger partial charge in [0.25, 0.3) is 0 Å². The molecular formula is C41H53N3O6S. The summed E-state index contributed by atoms with van der Waals surface area (Å²) in [6.07, 6.45) is -3.05. The maximum atomic E-state index is 14.9. The van der Waals surface area contributed by atoms with Gasteiger partial charge in [-0.25, -0.2) is 8.42 Å². The van der Waals surface area contributed by atoms with E-state index < -0.39 is 74.2 Å². The fourth-order valence-electron chi connectivity index (χ4n) is 6.35. The quantitative estimate of drug-likeness (QED) is 0.114. The number of benzene rings is 4. The molecule has 0 aliphatic carbocycles. The van der Waals surface area contributed by atoms with Gasteiger partial charge in [0.1, 0.15) is 11.9 Å². The van der Waals surface area contributed by atoms with Crippen LogP contribution in [0.1, 0.15) is 57.2 Å². The first kappa shape index (κ1) is 39.8. The lowest BCUT2D eigenvalue weighted by Crippen LogP contribution is -2.59. The van der Waals surface area contributed by atoms with E-state index in [1.54, 1.807) is 51.1 Å². The molecule has 10 heteroatoms. The second kappa shape index (κ2) is 17.1. The Hall–Kier alpha value is -3.93. The number of amides is 1. The first-order valence-corrected chi connectivity index (χ1v) is 19.2. The fraction of sp³-hybridized carbons (Fsp3) is 0.415. The second-order valence-corrected chi connectivity index (χ2v) is 17.6. The van der Waals surface area contributed by atoms with E-state index >= 15 is 0 Å². The molecule has 7 atom stereocenters. The zero-order chi connectivity index (χ0) is 37.5. The number of hydrogen-bond acceptors (Lipinski definition) is 8. The highest BCUT2D eigenvalue weighted by atomic mass is 32.2. The van der Waals surface area contributed by atoms with Crippen LogP contribution in [0.25, 0.3) is 10.8 Å².